The first-order valence-corrected chi connectivity index (χ1v) is 5.88. The minimum atomic E-state index is -0.640. The summed E-state index contributed by atoms with van der Waals surface area (Å²) in [5, 5.41) is 0. The van der Waals surface area contributed by atoms with Crippen molar-refractivity contribution in [3.63, 3.8) is 0 Å². The predicted molar refractivity (Wildman–Crippen MR) is 71.2 cm³/mol. The minimum absolute atomic E-state index is 0.194. The van der Waals surface area contributed by atoms with E-state index in [1.807, 2.05) is 0 Å². The Balaban J connectivity index is 2.09. The van der Waals surface area contributed by atoms with Crippen LogP contribution in [0.25, 0.3) is 0 Å². The highest BCUT2D eigenvalue weighted by molar-refractivity contribution is 5.98. The van der Waals surface area contributed by atoms with E-state index < -0.39 is 11.7 Å². The molecule has 0 aliphatic rings. The fourth-order valence-electron chi connectivity index (χ4n) is 1.68. The predicted octanol–water partition coefficient (Wildman–Crippen LogP) is 2.19. The van der Waals surface area contributed by atoms with Crippen molar-refractivity contribution >= 4 is 11.7 Å². The zero-order chi connectivity index (χ0) is 14.5. The maximum atomic E-state index is 13.0. The summed E-state index contributed by atoms with van der Waals surface area (Å²) in [5.41, 5.74) is 5.60. The quantitative estimate of drug-likeness (QED) is 0.849. The van der Waals surface area contributed by atoms with Gasteiger partial charge >= 0.3 is 0 Å². The molecule has 0 spiro atoms. The van der Waals surface area contributed by atoms with Crippen LogP contribution in [0.3, 0.4) is 0 Å². The number of primary amides is 1. The first-order valence-electron chi connectivity index (χ1n) is 5.88. The Bertz CT molecular complexity index is 655. The molecule has 0 aliphatic carbocycles. The van der Waals surface area contributed by atoms with Gasteiger partial charge in [-0.1, -0.05) is 24.3 Å². The number of ketones is 1. The lowest BCUT2D eigenvalue weighted by Gasteiger charge is -2.08. The lowest BCUT2D eigenvalue weighted by Crippen LogP contribution is -2.16. The average Bonchev–Trinajstić information content (AvgIpc) is 2.45. The van der Waals surface area contributed by atoms with Crippen LogP contribution in [0.4, 0.5) is 4.39 Å². The van der Waals surface area contributed by atoms with E-state index in [-0.39, 0.29) is 29.3 Å². The molecule has 20 heavy (non-hydrogen) atoms. The second-order valence-electron chi connectivity index (χ2n) is 4.08. The number of nitrogens with two attached hydrogens (primary N) is 1. The molecule has 2 rings (SSSR count). The van der Waals surface area contributed by atoms with E-state index in [4.69, 9.17) is 10.5 Å². The van der Waals surface area contributed by atoms with Gasteiger partial charge in [0, 0.05) is 5.56 Å². The fourth-order valence-corrected chi connectivity index (χ4v) is 1.68. The molecule has 1 amide bonds. The van der Waals surface area contributed by atoms with Crippen LogP contribution in [-0.2, 0) is 0 Å². The number of carbonyl (C=O) groups excluding carboxylic acids is 2. The van der Waals surface area contributed by atoms with Crippen LogP contribution >= 0.6 is 0 Å². The molecule has 0 aromatic heterocycles. The van der Waals surface area contributed by atoms with Gasteiger partial charge in [-0.3, -0.25) is 9.59 Å². The van der Waals surface area contributed by atoms with Crippen LogP contribution in [-0.4, -0.2) is 18.3 Å². The molecule has 0 bridgehead atoms. The van der Waals surface area contributed by atoms with Gasteiger partial charge < -0.3 is 10.5 Å². The zero-order valence-electron chi connectivity index (χ0n) is 10.5. The van der Waals surface area contributed by atoms with Gasteiger partial charge in [0.2, 0.25) is 0 Å². The van der Waals surface area contributed by atoms with Gasteiger partial charge in [0.25, 0.3) is 5.91 Å². The largest absolute Gasteiger partial charge is 0.485 e. The van der Waals surface area contributed by atoms with Crippen molar-refractivity contribution in [2.24, 2.45) is 5.73 Å². The second-order valence-corrected chi connectivity index (χ2v) is 4.08. The Morgan fingerprint density at radius 3 is 2.55 bits per heavy atom. The number of rotatable bonds is 5. The van der Waals surface area contributed by atoms with Crippen LogP contribution in [0.2, 0.25) is 0 Å². The number of hydrogen-bond acceptors (Lipinski definition) is 3. The molecular weight excluding hydrogens is 261 g/mol. The number of halogens is 1. The number of carbonyl (C=O) groups is 2. The van der Waals surface area contributed by atoms with Gasteiger partial charge in [-0.05, 0) is 24.3 Å². The van der Waals surface area contributed by atoms with Gasteiger partial charge in [0.1, 0.15) is 11.6 Å². The summed E-state index contributed by atoms with van der Waals surface area (Å²) in [4.78, 5) is 23.0. The lowest BCUT2D eigenvalue weighted by molar-refractivity contribution is 0.0912. The van der Waals surface area contributed by atoms with Gasteiger partial charge in [-0.25, -0.2) is 4.39 Å². The van der Waals surface area contributed by atoms with Crippen molar-refractivity contribution in [1.82, 2.24) is 0 Å². The number of Topliss-reactive ketones (excluding diaryl/α,β-unsaturated/α-hetero) is 1. The molecule has 0 saturated carbocycles. The summed E-state index contributed by atoms with van der Waals surface area (Å²) in [5.74, 6) is -1.29. The number of ether oxygens (including phenoxy) is 1. The standard InChI is InChI=1S/C15H12FNO3/c16-11-5-3-4-10(8-11)13(18)9-20-14-7-2-1-6-12(14)15(17)19/h1-8H,9H2,(H2,17,19). The van der Waals surface area contributed by atoms with Crippen molar-refractivity contribution in [3.05, 3.63) is 65.5 Å². The second kappa shape index (κ2) is 5.97. The number of para-hydroxylation sites is 1. The fraction of sp³-hybridized carbons (Fsp3) is 0.0667. The lowest BCUT2D eigenvalue weighted by atomic mass is 10.1. The van der Waals surface area contributed by atoms with Crippen LogP contribution in [0.1, 0.15) is 20.7 Å². The van der Waals surface area contributed by atoms with Crippen molar-refractivity contribution < 1.29 is 18.7 Å². The van der Waals surface area contributed by atoms with Gasteiger partial charge in [0.05, 0.1) is 5.56 Å². The van der Waals surface area contributed by atoms with E-state index in [0.717, 1.165) is 6.07 Å². The Morgan fingerprint density at radius 2 is 1.85 bits per heavy atom. The summed E-state index contributed by atoms with van der Waals surface area (Å²) in [6.45, 7) is -0.298. The molecule has 2 aromatic rings. The molecule has 4 nitrogen and oxygen atoms in total. The van der Waals surface area contributed by atoms with Crippen LogP contribution in [0.5, 0.6) is 5.75 Å². The molecule has 0 unspecified atom stereocenters. The highest BCUT2D eigenvalue weighted by Crippen LogP contribution is 2.17. The highest BCUT2D eigenvalue weighted by Gasteiger charge is 2.12. The van der Waals surface area contributed by atoms with E-state index in [0.29, 0.717) is 0 Å². The SMILES string of the molecule is NC(=O)c1ccccc1OCC(=O)c1cccc(F)c1. The Hall–Kier alpha value is -2.69. The number of hydrogen-bond donors (Lipinski definition) is 1. The maximum Gasteiger partial charge on any atom is 0.252 e. The molecule has 2 N–H and O–H groups in total. The smallest absolute Gasteiger partial charge is 0.252 e. The molecule has 0 radical (unpaired) electrons. The summed E-state index contributed by atoms with van der Waals surface area (Å²) < 4.78 is 18.3. The summed E-state index contributed by atoms with van der Waals surface area (Å²) in [6, 6.07) is 11.7. The Kier molecular flexibility index (Phi) is 4.10. The first-order chi connectivity index (χ1) is 9.58. The maximum absolute atomic E-state index is 13.0. The molecule has 102 valence electrons. The molecule has 0 saturated heterocycles. The molecule has 5 heteroatoms. The van der Waals surface area contributed by atoms with E-state index in [2.05, 4.69) is 0 Å². The van der Waals surface area contributed by atoms with Crippen LogP contribution in [0.15, 0.2) is 48.5 Å². The van der Waals surface area contributed by atoms with E-state index in [1.165, 1.54) is 24.3 Å². The zero-order valence-corrected chi connectivity index (χ0v) is 10.5. The van der Waals surface area contributed by atoms with E-state index >= 15 is 0 Å². The first kappa shape index (κ1) is 13.7. The van der Waals surface area contributed by atoms with Crippen LogP contribution in [0, 0.1) is 5.82 Å². The Morgan fingerprint density at radius 1 is 1.10 bits per heavy atom. The van der Waals surface area contributed by atoms with Crippen molar-refractivity contribution in [3.8, 4) is 5.75 Å². The molecule has 0 atom stereocenters. The Labute approximate surface area is 115 Å². The van der Waals surface area contributed by atoms with E-state index in [1.54, 1.807) is 18.2 Å². The third-order valence-electron chi connectivity index (χ3n) is 2.66. The normalized spacial score (nSPS) is 10.1. The van der Waals surface area contributed by atoms with Crippen molar-refractivity contribution in [2.75, 3.05) is 6.61 Å². The third kappa shape index (κ3) is 3.20. The van der Waals surface area contributed by atoms with Crippen molar-refractivity contribution in [2.45, 2.75) is 0 Å². The highest BCUT2D eigenvalue weighted by atomic mass is 19.1. The number of amides is 1. The molecule has 2 aromatic carbocycles. The summed E-state index contributed by atoms with van der Waals surface area (Å²) in [6.07, 6.45) is 0. The third-order valence-corrected chi connectivity index (χ3v) is 2.66. The summed E-state index contributed by atoms with van der Waals surface area (Å²) in [7, 11) is 0. The monoisotopic (exact) mass is 273 g/mol. The summed E-state index contributed by atoms with van der Waals surface area (Å²) >= 11 is 0. The topological polar surface area (TPSA) is 69.4 Å². The molecule has 0 heterocycles. The minimum Gasteiger partial charge on any atom is -0.485 e. The van der Waals surface area contributed by atoms with Gasteiger partial charge in [-0.2, -0.15) is 0 Å². The molecule has 0 aliphatic heterocycles. The number of benzene rings is 2. The van der Waals surface area contributed by atoms with Gasteiger partial charge in [0.15, 0.2) is 12.4 Å². The van der Waals surface area contributed by atoms with Crippen LogP contribution < -0.4 is 10.5 Å². The van der Waals surface area contributed by atoms with Crippen molar-refractivity contribution in [1.29, 1.82) is 0 Å². The average molecular weight is 273 g/mol. The van der Waals surface area contributed by atoms with Gasteiger partial charge in [-0.15, -0.1) is 0 Å². The molecular formula is C15H12FNO3. The molecule has 0 fully saturated rings. The van der Waals surface area contributed by atoms with E-state index in [9.17, 15) is 14.0 Å².